The Morgan fingerprint density at radius 2 is 1.97 bits per heavy atom. The van der Waals surface area contributed by atoms with E-state index in [4.69, 9.17) is 14.6 Å². The summed E-state index contributed by atoms with van der Waals surface area (Å²) < 4.78 is 36.0. The molecule has 0 radical (unpaired) electrons. The predicted octanol–water partition coefficient (Wildman–Crippen LogP) is 5.03. The van der Waals surface area contributed by atoms with Crippen LogP contribution in [0.15, 0.2) is 76.7 Å². The Morgan fingerprint density at radius 1 is 1.12 bits per heavy atom. The normalized spacial score (nSPS) is 17.0. The summed E-state index contributed by atoms with van der Waals surface area (Å²) in [6.07, 6.45) is 4.30. The number of sulfonamides is 1. The predicted molar refractivity (Wildman–Crippen MR) is 132 cm³/mol. The third-order valence-corrected chi connectivity index (χ3v) is 8.51. The number of fused-ring (bicyclic) bond motifs is 2. The zero-order valence-corrected chi connectivity index (χ0v) is 20.3. The Labute approximate surface area is 200 Å². The second-order valence-corrected chi connectivity index (χ2v) is 11.2. The van der Waals surface area contributed by atoms with Gasteiger partial charge in [-0.15, -0.1) is 23.1 Å². The molecule has 0 spiro atoms. The van der Waals surface area contributed by atoms with E-state index in [2.05, 4.69) is 35.5 Å². The highest BCUT2D eigenvalue weighted by atomic mass is 32.2. The fourth-order valence-electron chi connectivity index (χ4n) is 4.12. The number of nitrogens with zero attached hydrogens (tertiary/aromatic N) is 1. The first-order valence-electron chi connectivity index (χ1n) is 10.4. The monoisotopic (exact) mass is 498 g/mol. The van der Waals surface area contributed by atoms with Crippen molar-refractivity contribution in [3.63, 3.8) is 0 Å². The van der Waals surface area contributed by atoms with Crippen molar-refractivity contribution in [3.8, 4) is 11.5 Å². The van der Waals surface area contributed by atoms with Crippen LogP contribution in [0.25, 0.3) is 10.2 Å². The number of primary sulfonamides is 1. The fraction of sp³-hybridized carbons (Fsp3) is 0.208. The molecule has 3 heterocycles. The summed E-state index contributed by atoms with van der Waals surface area (Å²) in [5.41, 5.74) is 1.19. The van der Waals surface area contributed by atoms with Gasteiger partial charge in [0.15, 0.2) is 11.5 Å². The average Bonchev–Trinajstić information content (AvgIpc) is 3.11. The van der Waals surface area contributed by atoms with Gasteiger partial charge in [0.2, 0.25) is 10.0 Å². The zero-order chi connectivity index (χ0) is 23.0. The van der Waals surface area contributed by atoms with Crippen LogP contribution in [0.4, 0.5) is 0 Å². The lowest BCUT2D eigenvalue weighted by Gasteiger charge is -2.27. The van der Waals surface area contributed by atoms with Crippen LogP contribution in [0.3, 0.4) is 0 Å². The van der Waals surface area contributed by atoms with Crippen molar-refractivity contribution >= 4 is 43.3 Å². The van der Waals surface area contributed by atoms with Gasteiger partial charge < -0.3 is 9.47 Å². The van der Waals surface area contributed by atoms with Crippen molar-refractivity contribution < 1.29 is 17.9 Å². The molecule has 0 aliphatic carbocycles. The van der Waals surface area contributed by atoms with Crippen LogP contribution in [0.1, 0.15) is 22.8 Å². The van der Waals surface area contributed by atoms with Crippen LogP contribution in [0, 0.1) is 0 Å². The van der Waals surface area contributed by atoms with Crippen LogP contribution in [0.5, 0.6) is 11.5 Å². The number of hydrogen-bond donors (Lipinski definition) is 1. The number of pyridine rings is 1. The van der Waals surface area contributed by atoms with Crippen molar-refractivity contribution in [2.24, 2.45) is 5.14 Å². The van der Waals surface area contributed by atoms with Gasteiger partial charge >= 0.3 is 0 Å². The van der Waals surface area contributed by atoms with Crippen molar-refractivity contribution in [1.82, 2.24) is 4.98 Å². The minimum atomic E-state index is -3.83. The quantitative estimate of drug-likeness (QED) is 0.388. The maximum absolute atomic E-state index is 11.8. The Hall–Kier alpha value is -2.59. The molecule has 0 bridgehead atoms. The highest BCUT2D eigenvalue weighted by Crippen LogP contribution is 2.43. The third-order valence-electron chi connectivity index (χ3n) is 5.65. The molecule has 1 aliphatic rings. The van der Waals surface area contributed by atoms with Gasteiger partial charge in [0.1, 0.15) is 10.9 Å². The fourth-order valence-corrected chi connectivity index (χ4v) is 6.47. The van der Waals surface area contributed by atoms with Crippen LogP contribution < -0.4 is 14.6 Å². The summed E-state index contributed by atoms with van der Waals surface area (Å²) in [5, 5.41) is 6.40. The van der Waals surface area contributed by atoms with Gasteiger partial charge in [-0.1, -0.05) is 24.3 Å². The average molecular weight is 499 g/mol. The topological polar surface area (TPSA) is 91.5 Å². The van der Waals surface area contributed by atoms with Crippen LogP contribution in [0.2, 0.25) is 0 Å². The molecule has 5 rings (SSSR count). The van der Waals surface area contributed by atoms with Gasteiger partial charge in [0.25, 0.3) is 0 Å². The van der Waals surface area contributed by atoms with E-state index < -0.39 is 10.0 Å². The van der Waals surface area contributed by atoms with E-state index in [0.29, 0.717) is 24.5 Å². The molecular weight excluding hydrogens is 476 g/mol. The van der Waals surface area contributed by atoms with Crippen LogP contribution >= 0.6 is 23.1 Å². The van der Waals surface area contributed by atoms with E-state index in [0.717, 1.165) is 10.2 Å². The Bertz CT molecular complexity index is 1390. The first-order chi connectivity index (χ1) is 15.9. The maximum atomic E-state index is 11.8. The van der Waals surface area contributed by atoms with E-state index in [9.17, 15) is 8.42 Å². The van der Waals surface area contributed by atoms with Crippen molar-refractivity contribution in [1.29, 1.82) is 0 Å². The molecule has 2 aromatic heterocycles. The summed E-state index contributed by atoms with van der Waals surface area (Å²) >= 11 is 3.38. The summed E-state index contributed by atoms with van der Waals surface area (Å²) in [5.74, 6) is 0.857. The van der Waals surface area contributed by atoms with Crippen LogP contribution in [-0.4, -0.2) is 32.4 Å². The summed E-state index contributed by atoms with van der Waals surface area (Å²) in [4.78, 5) is 7.88. The second kappa shape index (κ2) is 8.98. The number of benzene rings is 2. The number of thiophene rings is 1. The molecule has 0 amide bonds. The number of aromatic nitrogens is 1. The minimum Gasteiger partial charge on any atom is -0.490 e. The molecule has 6 nitrogen and oxygen atoms in total. The van der Waals surface area contributed by atoms with Gasteiger partial charge in [0, 0.05) is 33.8 Å². The molecular formula is C24H22N2O4S3. The Balaban J connectivity index is 1.61. The molecule has 0 saturated carbocycles. The number of rotatable bonds is 5. The number of hydrogen-bond acceptors (Lipinski definition) is 7. The maximum Gasteiger partial charge on any atom is 0.238 e. The number of nitrogens with two attached hydrogens (primary N) is 1. The minimum absolute atomic E-state index is 0.00293. The van der Waals surface area contributed by atoms with Gasteiger partial charge in [-0.2, -0.15) is 0 Å². The molecule has 1 unspecified atom stereocenters. The zero-order valence-electron chi connectivity index (χ0n) is 17.8. The molecule has 0 fully saturated rings. The second-order valence-electron chi connectivity index (χ2n) is 7.71. The summed E-state index contributed by atoms with van der Waals surface area (Å²) in [6, 6.07) is 19.1. The van der Waals surface area contributed by atoms with Crippen molar-refractivity contribution in [2.45, 2.75) is 28.2 Å². The molecule has 2 N–H and O–H groups in total. The van der Waals surface area contributed by atoms with E-state index in [1.807, 2.05) is 24.4 Å². The lowest BCUT2D eigenvalue weighted by molar-refractivity contribution is 0.173. The first kappa shape index (κ1) is 22.2. The molecule has 2 atom stereocenters. The summed E-state index contributed by atoms with van der Waals surface area (Å²) in [7, 11) is -3.83. The standard InChI is InChI=1S/C24H22N2O4S3/c1-31-21-7-3-2-6-17(21)23(22-13-15-5-4-11-26-24(15)32-22)19-10-12-29-20-14-16(33(25,27)28)8-9-18(20)30-19/h2-9,11,13-14,19,23H,10,12H2,1H3,(H2,25,27,28)/t19?,23-/m1/s1. The highest BCUT2D eigenvalue weighted by molar-refractivity contribution is 7.98. The van der Waals surface area contributed by atoms with Crippen LogP contribution in [-0.2, 0) is 10.0 Å². The molecule has 2 aromatic carbocycles. The van der Waals surface area contributed by atoms with Gasteiger partial charge in [0.05, 0.1) is 17.4 Å². The molecule has 4 aromatic rings. The van der Waals surface area contributed by atoms with Gasteiger partial charge in [-0.05, 0) is 42.2 Å². The number of ether oxygens (including phenoxy) is 2. The lowest BCUT2D eigenvalue weighted by Crippen LogP contribution is -2.27. The molecule has 170 valence electrons. The first-order valence-corrected chi connectivity index (χ1v) is 14.0. The highest BCUT2D eigenvalue weighted by Gasteiger charge is 2.33. The summed E-state index contributed by atoms with van der Waals surface area (Å²) in [6.45, 7) is 0.396. The molecule has 0 saturated heterocycles. The molecule has 9 heteroatoms. The van der Waals surface area contributed by atoms with Crippen molar-refractivity contribution in [2.75, 3.05) is 12.9 Å². The largest absolute Gasteiger partial charge is 0.490 e. The SMILES string of the molecule is CSc1ccccc1[C@@H](c1cc2cccnc2s1)C1CCOc2cc(S(N)(=O)=O)ccc2O1. The van der Waals surface area contributed by atoms with Crippen molar-refractivity contribution in [3.05, 3.63) is 77.3 Å². The Kier molecular flexibility index (Phi) is 6.05. The molecule has 33 heavy (non-hydrogen) atoms. The van der Waals surface area contributed by atoms with Gasteiger partial charge in [-0.3, -0.25) is 0 Å². The van der Waals surface area contributed by atoms with E-state index in [1.54, 1.807) is 29.2 Å². The van der Waals surface area contributed by atoms with Gasteiger partial charge in [-0.25, -0.2) is 18.5 Å². The lowest BCUT2D eigenvalue weighted by atomic mass is 9.89. The smallest absolute Gasteiger partial charge is 0.238 e. The van der Waals surface area contributed by atoms with E-state index >= 15 is 0 Å². The Morgan fingerprint density at radius 3 is 2.76 bits per heavy atom. The van der Waals surface area contributed by atoms with E-state index in [1.165, 1.54) is 27.5 Å². The number of thioether (sulfide) groups is 1. The molecule has 1 aliphatic heterocycles. The third kappa shape index (κ3) is 4.46. The van der Waals surface area contributed by atoms with E-state index in [-0.39, 0.29) is 16.9 Å².